The third-order valence-electron chi connectivity index (χ3n) is 2.21. The molecule has 0 bridgehead atoms. The van der Waals surface area contributed by atoms with E-state index >= 15 is 0 Å². The number of aliphatic carboxylic acids is 1. The summed E-state index contributed by atoms with van der Waals surface area (Å²) in [5, 5.41) is 9.11. The van der Waals surface area contributed by atoms with Gasteiger partial charge in [0.15, 0.2) is 0 Å². The molecule has 5 nitrogen and oxygen atoms in total. The molecule has 16 heavy (non-hydrogen) atoms. The van der Waals surface area contributed by atoms with Gasteiger partial charge in [-0.15, -0.1) is 11.3 Å². The molecule has 0 atom stereocenters. The van der Waals surface area contributed by atoms with Crippen molar-refractivity contribution in [2.24, 2.45) is 0 Å². The Kier molecular flexibility index (Phi) is 2.74. The lowest BCUT2D eigenvalue weighted by Crippen LogP contribution is -2.21. The number of nitrogens with zero attached hydrogens (tertiary/aromatic N) is 2. The molecule has 2 aromatic rings. The van der Waals surface area contributed by atoms with E-state index in [2.05, 4.69) is 4.98 Å². The zero-order chi connectivity index (χ0) is 11.7. The molecular formula is C10H10N2O3S. The molecule has 0 radical (unpaired) electrons. The zero-order valence-corrected chi connectivity index (χ0v) is 9.45. The Morgan fingerprint density at radius 3 is 3.06 bits per heavy atom. The van der Waals surface area contributed by atoms with E-state index in [0.717, 1.165) is 4.88 Å². The lowest BCUT2D eigenvalue weighted by atomic mass is 10.3. The first-order valence-electron chi connectivity index (χ1n) is 4.75. The molecule has 2 aromatic heterocycles. The predicted molar refractivity (Wildman–Crippen MR) is 60.9 cm³/mol. The van der Waals surface area contributed by atoms with Crippen LogP contribution in [0.2, 0.25) is 0 Å². The van der Waals surface area contributed by atoms with E-state index < -0.39 is 5.97 Å². The number of fused-ring (bicyclic) bond motifs is 1. The Morgan fingerprint density at radius 2 is 2.38 bits per heavy atom. The molecule has 0 fully saturated rings. The van der Waals surface area contributed by atoms with E-state index in [0.29, 0.717) is 10.2 Å². The van der Waals surface area contributed by atoms with Crippen molar-refractivity contribution in [3.63, 3.8) is 0 Å². The predicted octanol–water partition coefficient (Wildman–Crippen LogP) is 1.24. The second-order valence-corrected chi connectivity index (χ2v) is 4.70. The van der Waals surface area contributed by atoms with E-state index in [4.69, 9.17) is 5.11 Å². The van der Waals surface area contributed by atoms with E-state index in [-0.39, 0.29) is 18.5 Å². The zero-order valence-electron chi connectivity index (χ0n) is 8.64. The first-order chi connectivity index (χ1) is 7.58. The van der Waals surface area contributed by atoms with Crippen LogP contribution in [0.4, 0.5) is 0 Å². The maximum absolute atomic E-state index is 11.9. The van der Waals surface area contributed by atoms with Crippen LogP contribution in [0.5, 0.6) is 0 Å². The summed E-state index contributed by atoms with van der Waals surface area (Å²) in [6.45, 7) is 2.07. The number of thiophene rings is 1. The molecule has 0 spiro atoms. The molecule has 0 saturated heterocycles. The van der Waals surface area contributed by atoms with Crippen molar-refractivity contribution in [3.8, 4) is 0 Å². The molecule has 0 unspecified atom stereocenters. The van der Waals surface area contributed by atoms with Gasteiger partial charge in [0.2, 0.25) is 0 Å². The van der Waals surface area contributed by atoms with Crippen LogP contribution in [-0.2, 0) is 11.3 Å². The molecule has 0 aliphatic carbocycles. The highest BCUT2D eigenvalue weighted by atomic mass is 32.1. The highest BCUT2D eigenvalue weighted by molar-refractivity contribution is 7.18. The lowest BCUT2D eigenvalue weighted by molar-refractivity contribution is -0.137. The molecular weight excluding hydrogens is 228 g/mol. The van der Waals surface area contributed by atoms with Gasteiger partial charge in [-0.05, 0) is 13.0 Å². The molecule has 1 N–H and O–H groups in total. The number of carbonyl (C=O) groups is 1. The Labute approximate surface area is 95.0 Å². The number of hydrogen-bond donors (Lipinski definition) is 1. The minimum Gasteiger partial charge on any atom is -0.481 e. The van der Waals surface area contributed by atoms with Gasteiger partial charge >= 0.3 is 5.97 Å². The monoisotopic (exact) mass is 238 g/mol. The summed E-state index contributed by atoms with van der Waals surface area (Å²) in [5.41, 5.74) is -0.171. The highest BCUT2D eigenvalue weighted by Gasteiger charge is 2.07. The first-order valence-corrected chi connectivity index (χ1v) is 5.57. The van der Waals surface area contributed by atoms with Crippen LogP contribution in [0.15, 0.2) is 17.2 Å². The van der Waals surface area contributed by atoms with Gasteiger partial charge in [-0.25, -0.2) is 4.98 Å². The number of carboxylic acids is 1. The fourth-order valence-corrected chi connectivity index (χ4v) is 2.29. The van der Waals surface area contributed by atoms with E-state index in [1.165, 1.54) is 22.2 Å². The van der Waals surface area contributed by atoms with E-state index in [1.54, 1.807) is 6.07 Å². The summed E-state index contributed by atoms with van der Waals surface area (Å²) in [6, 6.07) is 1.78. The Hall–Kier alpha value is -1.69. The summed E-state index contributed by atoms with van der Waals surface area (Å²) in [5.74, 6) is -0.923. The van der Waals surface area contributed by atoms with Gasteiger partial charge in [-0.2, -0.15) is 0 Å². The average Bonchev–Trinajstić information content (AvgIpc) is 2.58. The van der Waals surface area contributed by atoms with Crippen LogP contribution in [0.1, 0.15) is 11.3 Å². The normalized spacial score (nSPS) is 10.8. The van der Waals surface area contributed by atoms with Gasteiger partial charge in [0.05, 0.1) is 18.1 Å². The van der Waals surface area contributed by atoms with Crippen LogP contribution in [0.25, 0.3) is 10.2 Å². The van der Waals surface area contributed by atoms with Crippen molar-refractivity contribution in [1.82, 2.24) is 9.55 Å². The fourth-order valence-electron chi connectivity index (χ4n) is 1.46. The summed E-state index contributed by atoms with van der Waals surface area (Å²) in [4.78, 5) is 28.2. The third kappa shape index (κ3) is 1.96. The van der Waals surface area contributed by atoms with Gasteiger partial charge in [-0.1, -0.05) is 0 Å². The number of carboxylic acid groups (broad SMARTS) is 1. The molecule has 2 rings (SSSR count). The van der Waals surface area contributed by atoms with Gasteiger partial charge in [0.25, 0.3) is 5.56 Å². The van der Waals surface area contributed by atoms with Crippen LogP contribution < -0.4 is 5.56 Å². The standard InChI is InChI=1S/C10H10N2O3S/c1-6-4-7-9(16-6)11-5-12(10(7)15)3-2-8(13)14/h4-5H,2-3H2,1H3,(H,13,14). The fraction of sp³-hybridized carbons (Fsp3) is 0.300. The quantitative estimate of drug-likeness (QED) is 0.873. The molecule has 84 valence electrons. The van der Waals surface area contributed by atoms with Crippen molar-refractivity contribution in [2.45, 2.75) is 19.9 Å². The van der Waals surface area contributed by atoms with Gasteiger partial charge < -0.3 is 5.11 Å². The Morgan fingerprint density at radius 1 is 1.62 bits per heavy atom. The van der Waals surface area contributed by atoms with Crippen LogP contribution >= 0.6 is 11.3 Å². The Balaban J connectivity index is 2.44. The Bertz CT molecular complexity index is 600. The van der Waals surface area contributed by atoms with Crippen molar-refractivity contribution < 1.29 is 9.90 Å². The smallest absolute Gasteiger partial charge is 0.305 e. The molecule has 0 aliphatic rings. The van der Waals surface area contributed by atoms with Crippen LogP contribution in [0.3, 0.4) is 0 Å². The van der Waals surface area contributed by atoms with Crippen molar-refractivity contribution >= 4 is 27.5 Å². The van der Waals surface area contributed by atoms with Crippen molar-refractivity contribution in [1.29, 1.82) is 0 Å². The van der Waals surface area contributed by atoms with Gasteiger partial charge in [0, 0.05) is 11.4 Å². The molecule has 0 aliphatic heterocycles. The average molecular weight is 238 g/mol. The number of aromatic nitrogens is 2. The third-order valence-corrected chi connectivity index (χ3v) is 3.17. The second kappa shape index (κ2) is 4.05. The summed E-state index contributed by atoms with van der Waals surface area (Å²) in [6.07, 6.45) is 1.33. The molecule has 2 heterocycles. The first kappa shape index (κ1) is 10.8. The van der Waals surface area contributed by atoms with E-state index in [9.17, 15) is 9.59 Å². The highest BCUT2D eigenvalue weighted by Crippen LogP contribution is 2.19. The maximum Gasteiger partial charge on any atom is 0.305 e. The largest absolute Gasteiger partial charge is 0.481 e. The van der Waals surface area contributed by atoms with Crippen molar-refractivity contribution in [3.05, 3.63) is 27.6 Å². The lowest BCUT2D eigenvalue weighted by Gasteiger charge is -2.01. The number of aryl methyl sites for hydroxylation is 2. The number of rotatable bonds is 3. The summed E-state index contributed by atoms with van der Waals surface area (Å²) in [7, 11) is 0. The summed E-state index contributed by atoms with van der Waals surface area (Å²) >= 11 is 1.46. The molecule has 0 saturated carbocycles. The van der Waals surface area contributed by atoms with Gasteiger partial charge in [-0.3, -0.25) is 14.2 Å². The van der Waals surface area contributed by atoms with Crippen molar-refractivity contribution in [2.75, 3.05) is 0 Å². The minimum atomic E-state index is -0.923. The SMILES string of the molecule is Cc1cc2c(=O)n(CCC(=O)O)cnc2s1. The molecule has 0 aromatic carbocycles. The van der Waals surface area contributed by atoms with Crippen LogP contribution in [-0.4, -0.2) is 20.6 Å². The minimum absolute atomic E-state index is 0.0732. The van der Waals surface area contributed by atoms with Gasteiger partial charge in [0.1, 0.15) is 4.83 Å². The summed E-state index contributed by atoms with van der Waals surface area (Å²) < 4.78 is 1.34. The topological polar surface area (TPSA) is 72.2 Å². The number of hydrogen-bond acceptors (Lipinski definition) is 4. The second-order valence-electron chi connectivity index (χ2n) is 3.46. The van der Waals surface area contributed by atoms with Crippen LogP contribution in [0, 0.1) is 6.92 Å². The maximum atomic E-state index is 11.9. The molecule has 0 amide bonds. The van der Waals surface area contributed by atoms with E-state index in [1.807, 2.05) is 6.92 Å². The molecule has 6 heteroatoms.